The first kappa shape index (κ1) is 15.8. The number of piperidine rings is 1. The van der Waals surface area contributed by atoms with E-state index in [9.17, 15) is 14.4 Å². The molecule has 108 valence electrons. The second-order valence-electron chi connectivity index (χ2n) is 4.78. The van der Waals surface area contributed by atoms with E-state index in [1.54, 1.807) is 0 Å². The summed E-state index contributed by atoms with van der Waals surface area (Å²) in [5.41, 5.74) is 0. The van der Waals surface area contributed by atoms with Gasteiger partial charge in [0.15, 0.2) is 0 Å². The van der Waals surface area contributed by atoms with E-state index in [1.807, 2.05) is 4.90 Å². The summed E-state index contributed by atoms with van der Waals surface area (Å²) in [7, 11) is 0. The molecule has 1 aliphatic heterocycles. The molecule has 19 heavy (non-hydrogen) atoms. The minimum absolute atomic E-state index is 0.0480. The highest BCUT2D eigenvalue weighted by Gasteiger charge is 2.22. The molecule has 2 unspecified atom stereocenters. The largest absolute Gasteiger partial charge is 0.480 e. The lowest BCUT2D eigenvalue weighted by Crippen LogP contribution is -2.41. The van der Waals surface area contributed by atoms with Gasteiger partial charge >= 0.3 is 5.97 Å². The van der Waals surface area contributed by atoms with Crippen LogP contribution in [0.25, 0.3) is 0 Å². The van der Waals surface area contributed by atoms with Crippen LogP contribution < -0.4 is 5.32 Å². The summed E-state index contributed by atoms with van der Waals surface area (Å²) in [5.74, 6) is -0.0445. The van der Waals surface area contributed by atoms with Gasteiger partial charge in [-0.3, -0.25) is 9.59 Å². The Bertz CT molecular complexity index is 338. The minimum atomic E-state index is -1.08. The highest BCUT2D eigenvalue weighted by atomic mass is 32.2. The van der Waals surface area contributed by atoms with Crippen molar-refractivity contribution in [3.63, 3.8) is 0 Å². The number of likely N-dealkylation sites (tertiary alicyclic amines) is 1. The Labute approximate surface area is 116 Å². The summed E-state index contributed by atoms with van der Waals surface area (Å²) in [6, 6.07) is -0.935. The Morgan fingerprint density at radius 2 is 2.32 bits per heavy atom. The Kier molecular flexibility index (Phi) is 6.69. The molecule has 0 bridgehead atoms. The zero-order valence-corrected chi connectivity index (χ0v) is 11.8. The molecule has 0 spiro atoms. The van der Waals surface area contributed by atoms with Crippen molar-refractivity contribution in [2.24, 2.45) is 5.92 Å². The van der Waals surface area contributed by atoms with Crippen molar-refractivity contribution >= 4 is 30.0 Å². The molecule has 1 saturated heterocycles. The average Bonchev–Trinajstić information content (AvgIpc) is 2.37. The van der Waals surface area contributed by atoms with E-state index in [-0.39, 0.29) is 17.4 Å². The fraction of sp³-hybridized carbons (Fsp3) is 0.750. The first-order valence-corrected chi connectivity index (χ1v) is 7.48. The molecule has 6 nitrogen and oxygen atoms in total. The van der Waals surface area contributed by atoms with Crippen LogP contribution in [0.2, 0.25) is 0 Å². The molecular formula is C12H20N2O4S. The van der Waals surface area contributed by atoms with Gasteiger partial charge in [-0.15, -0.1) is 11.8 Å². The van der Waals surface area contributed by atoms with Crippen molar-refractivity contribution in [1.82, 2.24) is 10.2 Å². The van der Waals surface area contributed by atoms with Crippen LogP contribution in [0.15, 0.2) is 0 Å². The number of carboxylic acid groups (broad SMARTS) is 1. The van der Waals surface area contributed by atoms with Crippen LogP contribution in [0.3, 0.4) is 0 Å². The van der Waals surface area contributed by atoms with E-state index in [2.05, 4.69) is 12.2 Å². The highest BCUT2D eigenvalue weighted by molar-refractivity contribution is 8.00. The van der Waals surface area contributed by atoms with Crippen molar-refractivity contribution in [1.29, 1.82) is 0 Å². The summed E-state index contributed by atoms with van der Waals surface area (Å²) in [5, 5.41) is 11.0. The van der Waals surface area contributed by atoms with Gasteiger partial charge in [0.1, 0.15) is 6.04 Å². The van der Waals surface area contributed by atoms with Crippen LogP contribution >= 0.6 is 11.8 Å². The van der Waals surface area contributed by atoms with Gasteiger partial charge in [-0.1, -0.05) is 6.92 Å². The lowest BCUT2D eigenvalue weighted by atomic mass is 10.0. The molecule has 2 atom stereocenters. The zero-order chi connectivity index (χ0) is 14.3. The summed E-state index contributed by atoms with van der Waals surface area (Å²) in [4.78, 5) is 34.8. The third kappa shape index (κ3) is 5.50. The fourth-order valence-electron chi connectivity index (χ4n) is 2.04. The molecule has 0 aromatic carbocycles. The maximum absolute atomic E-state index is 11.9. The van der Waals surface area contributed by atoms with E-state index < -0.39 is 12.0 Å². The second-order valence-corrected chi connectivity index (χ2v) is 5.81. The predicted molar refractivity (Wildman–Crippen MR) is 72.9 cm³/mol. The molecule has 1 fully saturated rings. The Morgan fingerprint density at radius 3 is 2.89 bits per heavy atom. The summed E-state index contributed by atoms with van der Waals surface area (Å²) < 4.78 is 0. The van der Waals surface area contributed by atoms with Gasteiger partial charge < -0.3 is 15.3 Å². The number of carbonyl (C=O) groups is 3. The molecule has 0 radical (unpaired) electrons. The molecule has 0 aromatic heterocycles. The maximum atomic E-state index is 11.9. The monoisotopic (exact) mass is 288 g/mol. The van der Waals surface area contributed by atoms with Crippen molar-refractivity contribution in [3.05, 3.63) is 0 Å². The van der Waals surface area contributed by atoms with Crippen LogP contribution in [0.5, 0.6) is 0 Å². The third-order valence-electron chi connectivity index (χ3n) is 3.09. The highest BCUT2D eigenvalue weighted by Crippen LogP contribution is 2.16. The van der Waals surface area contributed by atoms with Crippen LogP contribution in [-0.2, 0) is 14.4 Å². The molecule has 2 N–H and O–H groups in total. The first-order chi connectivity index (χ1) is 9.04. The number of aliphatic carboxylic acids is 1. The topological polar surface area (TPSA) is 86.7 Å². The zero-order valence-electron chi connectivity index (χ0n) is 11.0. The number of carboxylic acids is 1. The number of amides is 2. The molecule has 0 saturated carbocycles. The van der Waals surface area contributed by atoms with Gasteiger partial charge in [-0.05, 0) is 18.8 Å². The van der Waals surface area contributed by atoms with Crippen LogP contribution in [-0.4, -0.2) is 58.9 Å². The lowest BCUT2D eigenvalue weighted by molar-refractivity contribution is -0.139. The number of nitrogens with zero attached hydrogens (tertiary/aromatic N) is 1. The quantitative estimate of drug-likeness (QED) is 0.653. The van der Waals surface area contributed by atoms with Gasteiger partial charge in [0.2, 0.25) is 12.3 Å². The van der Waals surface area contributed by atoms with Crippen molar-refractivity contribution in [3.8, 4) is 0 Å². The molecule has 1 aliphatic rings. The second kappa shape index (κ2) is 8.04. The number of thioether (sulfide) groups is 1. The van der Waals surface area contributed by atoms with Gasteiger partial charge in [0.25, 0.3) is 0 Å². The Balaban J connectivity index is 2.29. The summed E-state index contributed by atoms with van der Waals surface area (Å²) in [6.45, 7) is 3.70. The predicted octanol–water partition coefficient (Wildman–Crippen LogP) is 0.177. The van der Waals surface area contributed by atoms with E-state index in [4.69, 9.17) is 5.11 Å². The Hall–Kier alpha value is -1.24. The fourth-order valence-corrected chi connectivity index (χ4v) is 2.99. The molecule has 1 heterocycles. The van der Waals surface area contributed by atoms with Crippen molar-refractivity contribution in [2.45, 2.75) is 25.8 Å². The van der Waals surface area contributed by atoms with Crippen LogP contribution in [0.4, 0.5) is 0 Å². The normalized spacial score (nSPS) is 20.7. The van der Waals surface area contributed by atoms with Gasteiger partial charge in [-0.25, -0.2) is 4.79 Å². The van der Waals surface area contributed by atoms with Crippen molar-refractivity contribution < 1.29 is 19.5 Å². The van der Waals surface area contributed by atoms with Gasteiger partial charge in [-0.2, -0.15) is 0 Å². The minimum Gasteiger partial charge on any atom is -0.480 e. The van der Waals surface area contributed by atoms with Gasteiger partial charge in [0, 0.05) is 18.8 Å². The van der Waals surface area contributed by atoms with E-state index in [1.165, 1.54) is 11.8 Å². The average molecular weight is 288 g/mol. The first-order valence-electron chi connectivity index (χ1n) is 6.32. The van der Waals surface area contributed by atoms with Crippen LogP contribution in [0, 0.1) is 5.92 Å². The standard InChI is InChI=1S/C12H20N2O4S/c1-9-3-2-4-14(5-9)11(16)7-19-6-10(12(17)18)13-8-15/h8-10H,2-7H2,1H3,(H,13,15)(H,17,18). The summed E-state index contributed by atoms with van der Waals surface area (Å²) in [6.07, 6.45) is 2.55. The van der Waals surface area contributed by atoms with Crippen molar-refractivity contribution in [2.75, 3.05) is 24.6 Å². The Morgan fingerprint density at radius 1 is 1.58 bits per heavy atom. The number of rotatable bonds is 7. The molecule has 0 aromatic rings. The van der Waals surface area contributed by atoms with Gasteiger partial charge in [0.05, 0.1) is 5.75 Å². The smallest absolute Gasteiger partial charge is 0.327 e. The molecule has 2 amide bonds. The van der Waals surface area contributed by atoms with Crippen LogP contribution in [0.1, 0.15) is 19.8 Å². The number of hydrogen-bond acceptors (Lipinski definition) is 4. The molecule has 7 heteroatoms. The lowest BCUT2D eigenvalue weighted by Gasteiger charge is -2.31. The summed E-state index contributed by atoms with van der Waals surface area (Å²) >= 11 is 1.24. The van der Waals surface area contributed by atoms with E-state index in [0.717, 1.165) is 25.9 Å². The van der Waals surface area contributed by atoms with E-state index in [0.29, 0.717) is 12.3 Å². The molecular weight excluding hydrogens is 268 g/mol. The number of carbonyl (C=O) groups excluding carboxylic acids is 2. The SMILES string of the molecule is CC1CCCN(C(=O)CSCC(NC=O)C(=O)O)C1. The number of nitrogens with one attached hydrogen (secondary N) is 1. The maximum Gasteiger partial charge on any atom is 0.327 e. The van der Waals surface area contributed by atoms with E-state index >= 15 is 0 Å². The third-order valence-corrected chi connectivity index (χ3v) is 4.11. The molecule has 0 aliphatic carbocycles. The molecule has 1 rings (SSSR count). The number of hydrogen-bond donors (Lipinski definition) is 2.